The maximum Gasteiger partial charge on any atom is 0.258 e. The van der Waals surface area contributed by atoms with Crippen molar-refractivity contribution < 1.29 is 4.79 Å². The molecule has 0 saturated carbocycles. The second kappa shape index (κ2) is 5.96. The van der Waals surface area contributed by atoms with E-state index in [1.54, 1.807) is 30.6 Å². The summed E-state index contributed by atoms with van der Waals surface area (Å²) in [5.74, 6) is 0.298. The van der Waals surface area contributed by atoms with E-state index in [0.717, 1.165) is 11.1 Å². The molecule has 4 heteroatoms. The Bertz CT molecular complexity index is 725. The highest BCUT2D eigenvalue weighted by Gasteiger charge is 2.06. The van der Waals surface area contributed by atoms with E-state index < -0.39 is 0 Å². The average molecular weight is 275 g/mol. The normalized spacial score (nSPS) is 10.1. The lowest BCUT2D eigenvalue weighted by molar-refractivity contribution is 0.102. The fourth-order valence-electron chi connectivity index (χ4n) is 1.95. The second-order valence-electron chi connectivity index (χ2n) is 4.49. The zero-order chi connectivity index (χ0) is 14.5. The molecule has 0 aliphatic rings. The summed E-state index contributed by atoms with van der Waals surface area (Å²) < 4.78 is 0. The summed E-state index contributed by atoms with van der Waals surface area (Å²) in [5, 5.41) is 2.75. The Balaban J connectivity index is 1.75. The first kappa shape index (κ1) is 13.0. The third-order valence-corrected chi connectivity index (χ3v) is 3.04. The van der Waals surface area contributed by atoms with Crippen LogP contribution in [0.5, 0.6) is 0 Å². The molecule has 0 aliphatic carbocycles. The lowest BCUT2D eigenvalue weighted by Gasteiger charge is -2.05. The first-order chi connectivity index (χ1) is 10.3. The molecule has 1 aromatic carbocycles. The smallest absolute Gasteiger partial charge is 0.258 e. The Labute approximate surface area is 122 Å². The molecule has 0 spiro atoms. The number of rotatable bonds is 3. The van der Waals surface area contributed by atoms with E-state index in [1.165, 1.54) is 6.20 Å². The molecule has 102 valence electrons. The molecule has 4 nitrogen and oxygen atoms in total. The molecule has 0 fully saturated rings. The van der Waals surface area contributed by atoms with Gasteiger partial charge in [0.1, 0.15) is 5.82 Å². The number of benzene rings is 1. The summed E-state index contributed by atoms with van der Waals surface area (Å²) >= 11 is 0. The fraction of sp³-hybridized carbons (Fsp3) is 0. The first-order valence-electron chi connectivity index (χ1n) is 6.56. The maximum absolute atomic E-state index is 12.0. The van der Waals surface area contributed by atoms with Crippen LogP contribution in [0.2, 0.25) is 0 Å². The Kier molecular flexibility index (Phi) is 3.69. The van der Waals surface area contributed by atoms with Gasteiger partial charge >= 0.3 is 0 Å². The summed E-state index contributed by atoms with van der Waals surface area (Å²) in [4.78, 5) is 20.2. The van der Waals surface area contributed by atoms with Crippen LogP contribution >= 0.6 is 0 Å². The van der Waals surface area contributed by atoms with Gasteiger partial charge in [0.05, 0.1) is 5.56 Å². The molecular weight excluding hydrogens is 262 g/mol. The van der Waals surface area contributed by atoms with Gasteiger partial charge in [0, 0.05) is 24.2 Å². The summed E-state index contributed by atoms with van der Waals surface area (Å²) in [7, 11) is 0. The van der Waals surface area contributed by atoms with Crippen LogP contribution in [0, 0.1) is 0 Å². The van der Waals surface area contributed by atoms with E-state index in [-0.39, 0.29) is 5.91 Å². The van der Waals surface area contributed by atoms with Crippen molar-refractivity contribution >= 4 is 11.7 Å². The minimum atomic E-state index is -0.219. The van der Waals surface area contributed by atoms with Crippen molar-refractivity contribution in [3.05, 3.63) is 78.8 Å². The van der Waals surface area contributed by atoms with Crippen molar-refractivity contribution in [1.29, 1.82) is 0 Å². The van der Waals surface area contributed by atoms with Gasteiger partial charge in [0.15, 0.2) is 0 Å². The highest BCUT2D eigenvalue weighted by atomic mass is 16.1. The molecule has 3 aromatic rings. The molecular formula is C17H13N3O. The van der Waals surface area contributed by atoms with E-state index in [2.05, 4.69) is 15.3 Å². The van der Waals surface area contributed by atoms with Crippen LogP contribution in [0.3, 0.4) is 0 Å². The average Bonchev–Trinajstić information content (AvgIpc) is 2.57. The number of amides is 1. The highest BCUT2D eigenvalue weighted by molar-refractivity contribution is 6.03. The SMILES string of the molecule is O=C(Nc1ccc(-c2ccccc2)cn1)c1cccnc1. The minimum Gasteiger partial charge on any atom is -0.307 e. The van der Waals surface area contributed by atoms with E-state index in [9.17, 15) is 4.79 Å². The minimum absolute atomic E-state index is 0.219. The number of nitrogens with zero attached hydrogens (tertiary/aromatic N) is 2. The number of hydrogen-bond acceptors (Lipinski definition) is 3. The van der Waals surface area contributed by atoms with Gasteiger partial charge in [0.25, 0.3) is 5.91 Å². The molecule has 1 N–H and O–H groups in total. The van der Waals surface area contributed by atoms with E-state index >= 15 is 0 Å². The number of carbonyl (C=O) groups is 1. The molecule has 3 rings (SSSR count). The van der Waals surface area contributed by atoms with Crippen LogP contribution in [-0.2, 0) is 0 Å². The zero-order valence-electron chi connectivity index (χ0n) is 11.2. The zero-order valence-corrected chi connectivity index (χ0v) is 11.2. The predicted octanol–water partition coefficient (Wildman–Crippen LogP) is 3.40. The molecule has 0 unspecified atom stereocenters. The van der Waals surface area contributed by atoms with E-state index in [4.69, 9.17) is 0 Å². The summed E-state index contributed by atoms with van der Waals surface area (Å²) in [6, 6.07) is 17.1. The third kappa shape index (κ3) is 3.12. The van der Waals surface area contributed by atoms with Crippen LogP contribution in [0.1, 0.15) is 10.4 Å². The largest absolute Gasteiger partial charge is 0.307 e. The molecule has 0 atom stereocenters. The Morgan fingerprint density at radius 1 is 0.857 bits per heavy atom. The van der Waals surface area contributed by atoms with Crippen molar-refractivity contribution in [3.63, 3.8) is 0 Å². The molecule has 0 bridgehead atoms. The number of hydrogen-bond donors (Lipinski definition) is 1. The van der Waals surface area contributed by atoms with Crippen molar-refractivity contribution in [1.82, 2.24) is 9.97 Å². The number of carbonyl (C=O) groups excluding carboxylic acids is 1. The number of nitrogens with one attached hydrogen (secondary N) is 1. The standard InChI is InChI=1S/C17H13N3O/c21-17(15-7-4-10-18-11-15)20-16-9-8-14(12-19-16)13-5-2-1-3-6-13/h1-12H,(H,19,20,21). The predicted molar refractivity (Wildman–Crippen MR) is 81.9 cm³/mol. The van der Waals surface area contributed by atoms with E-state index in [1.807, 2.05) is 36.4 Å². The van der Waals surface area contributed by atoms with Crippen molar-refractivity contribution in [2.75, 3.05) is 5.32 Å². The van der Waals surface area contributed by atoms with Crippen LogP contribution < -0.4 is 5.32 Å². The van der Waals surface area contributed by atoms with Gasteiger partial charge in [-0.05, 0) is 29.8 Å². The summed E-state index contributed by atoms with van der Waals surface area (Å²) in [6.07, 6.45) is 4.89. The van der Waals surface area contributed by atoms with Gasteiger partial charge in [-0.1, -0.05) is 30.3 Å². The van der Waals surface area contributed by atoms with Gasteiger partial charge in [-0.15, -0.1) is 0 Å². The molecule has 2 heterocycles. The Morgan fingerprint density at radius 2 is 1.71 bits per heavy atom. The molecule has 1 amide bonds. The molecule has 2 aromatic heterocycles. The van der Waals surface area contributed by atoms with Crippen LogP contribution in [-0.4, -0.2) is 15.9 Å². The highest BCUT2D eigenvalue weighted by Crippen LogP contribution is 2.19. The van der Waals surface area contributed by atoms with Crippen LogP contribution in [0.4, 0.5) is 5.82 Å². The van der Waals surface area contributed by atoms with Gasteiger partial charge in [-0.25, -0.2) is 4.98 Å². The lowest BCUT2D eigenvalue weighted by Crippen LogP contribution is -2.12. The van der Waals surface area contributed by atoms with Crippen LogP contribution in [0.15, 0.2) is 73.2 Å². The topological polar surface area (TPSA) is 54.9 Å². The molecule has 21 heavy (non-hydrogen) atoms. The van der Waals surface area contributed by atoms with Gasteiger partial charge in [-0.2, -0.15) is 0 Å². The quantitative estimate of drug-likeness (QED) is 0.797. The second-order valence-corrected chi connectivity index (χ2v) is 4.49. The summed E-state index contributed by atoms with van der Waals surface area (Å²) in [6.45, 7) is 0. The van der Waals surface area contributed by atoms with E-state index in [0.29, 0.717) is 11.4 Å². The number of aromatic nitrogens is 2. The van der Waals surface area contributed by atoms with Gasteiger partial charge < -0.3 is 5.32 Å². The monoisotopic (exact) mass is 275 g/mol. The lowest BCUT2D eigenvalue weighted by atomic mass is 10.1. The molecule has 0 saturated heterocycles. The van der Waals surface area contributed by atoms with Gasteiger partial charge in [0.2, 0.25) is 0 Å². The van der Waals surface area contributed by atoms with Crippen molar-refractivity contribution in [3.8, 4) is 11.1 Å². The molecule has 0 radical (unpaired) electrons. The molecule has 0 aliphatic heterocycles. The van der Waals surface area contributed by atoms with Crippen molar-refractivity contribution in [2.24, 2.45) is 0 Å². The van der Waals surface area contributed by atoms with Gasteiger partial charge in [-0.3, -0.25) is 9.78 Å². The Morgan fingerprint density at radius 3 is 2.38 bits per heavy atom. The maximum atomic E-state index is 12.0. The first-order valence-corrected chi connectivity index (χ1v) is 6.56. The van der Waals surface area contributed by atoms with Crippen LogP contribution in [0.25, 0.3) is 11.1 Å². The Hall–Kier alpha value is -3.01. The number of anilines is 1. The van der Waals surface area contributed by atoms with Crippen molar-refractivity contribution in [2.45, 2.75) is 0 Å². The fourth-order valence-corrected chi connectivity index (χ4v) is 1.95. The third-order valence-electron chi connectivity index (χ3n) is 3.04. The summed E-state index contributed by atoms with van der Waals surface area (Å²) in [5.41, 5.74) is 2.61. The number of pyridine rings is 2.